The molecule has 88 valence electrons. The van der Waals surface area contributed by atoms with Gasteiger partial charge in [0, 0.05) is 18.8 Å². The largest absolute Gasteiger partial charge is 0.382 e. The van der Waals surface area contributed by atoms with Crippen LogP contribution >= 0.6 is 0 Å². The quantitative estimate of drug-likeness (QED) is 0.762. The van der Waals surface area contributed by atoms with E-state index in [0.29, 0.717) is 11.5 Å². The topological polar surface area (TPSA) is 37.0 Å². The molecule has 3 heteroatoms. The van der Waals surface area contributed by atoms with Crippen LogP contribution in [0.3, 0.4) is 0 Å². The summed E-state index contributed by atoms with van der Waals surface area (Å²) in [5.74, 6) is 0.995. The minimum Gasteiger partial charge on any atom is -0.382 e. The minimum atomic E-state index is 0.358. The number of hydrogen-bond acceptors (Lipinski definition) is 3. The Morgan fingerprint density at radius 2 is 2.25 bits per heavy atom. The summed E-state index contributed by atoms with van der Waals surface area (Å²) in [5, 5.41) is 6.96. The summed E-state index contributed by atoms with van der Waals surface area (Å²) >= 11 is 0. The maximum absolute atomic E-state index is 4.39. The zero-order valence-electron chi connectivity index (χ0n) is 10.4. The van der Waals surface area contributed by atoms with Gasteiger partial charge < -0.3 is 10.6 Å². The summed E-state index contributed by atoms with van der Waals surface area (Å²) in [7, 11) is 0. The van der Waals surface area contributed by atoms with Gasteiger partial charge in [-0.3, -0.25) is 0 Å². The van der Waals surface area contributed by atoms with E-state index in [-0.39, 0.29) is 0 Å². The normalized spacial score (nSPS) is 20.3. The monoisotopic (exact) mass is 219 g/mol. The first-order chi connectivity index (χ1) is 7.54. The number of nitrogens with zero attached hydrogens (tertiary/aromatic N) is 1. The fraction of sp³-hybridized carbons (Fsp3) is 0.615. The number of nitrogens with one attached hydrogen (secondary N) is 2. The molecule has 0 saturated carbocycles. The highest BCUT2D eigenvalue weighted by atomic mass is 15.1. The highest BCUT2D eigenvalue weighted by Gasteiger charge is 2.21. The van der Waals surface area contributed by atoms with Gasteiger partial charge >= 0.3 is 0 Å². The average Bonchev–Trinajstić information content (AvgIpc) is 2.36. The maximum Gasteiger partial charge on any atom is 0.149 e. The lowest BCUT2D eigenvalue weighted by Crippen LogP contribution is -2.26. The molecule has 0 aromatic carbocycles. The van der Waals surface area contributed by atoms with Crippen molar-refractivity contribution in [1.82, 2.24) is 4.98 Å². The third-order valence-electron chi connectivity index (χ3n) is 2.82. The molecule has 3 nitrogen and oxygen atoms in total. The molecule has 0 amide bonds. The molecule has 1 aromatic heterocycles. The molecule has 2 heterocycles. The van der Waals surface area contributed by atoms with Crippen molar-refractivity contribution in [3.8, 4) is 0 Å². The van der Waals surface area contributed by atoms with E-state index in [0.717, 1.165) is 24.5 Å². The van der Waals surface area contributed by atoms with Gasteiger partial charge in [-0.2, -0.15) is 0 Å². The molecule has 1 aromatic rings. The van der Waals surface area contributed by atoms with Crippen LogP contribution in [0.1, 0.15) is 33.6 Å². The molecular weight excluding hydrogens is 198 g/mol. The van der Waals surface area contributed by atoms with Crippen molar-refractivity contribution in [2.24, 2.45) is 5.41 Å². The van der Waals surface area contributed by atoms with Crippen LogP contribution in [0.15, 0.2) is 18.3 Å². The maximum atomic E-state index is 4.39. The Morgan fingerprint density at radius 1 is 1.44 bits per heavy atom. The van der Waals surface area contributed by atoms with Gasteiger partial charge in [0.25, 0.3) is 0 Å². The van der Waals surface area contributed by atoms with Gasteiger partial charge in [0.05, 0.1) is 5.69 Å². The highest BCUT2D eigenvalue weighted by molar-refractivity contribution is 5.65. The van der Waals surface area contributed by atoms with Crippen molar-refractivity contribution < 1.29 is 0 Å². The zero-order chi connectivity index (χ0) is 11.6. The van der Waals surface area contributed by atoms with Crippen LogP contribution in [-0.4, -0.2) is 17.6 Å². The standard InChI is InChI=1S/C13H21N3/c1-13(2,3)9-10-6-8-14-11-5-4-7-15-12(11)16-10/h4-5,7,10,14H,6,8-9H2,1-3H3,(H,15,16). The molecule has 0 fully saturated rings. The van der Waals surface area contributed by atoms with Gasteiger partial charge in [0.15, 0.2) is 0 Å². The first-order valence-corrected chi connectivity index (χ1v) is 6.00. The molecule has 2 N–H and O–H groups in total. The number of anilines is 2. The highest BCUT2D eigenvalue weighted by Crippen LogP contribution is 2.28. The van der Waals surface area contributed by atoms with Crippen LogP contribution in [0, 0.1) is 5.41 Å². The van der Waals surface area contributed by atoms with Crippen molar-refractivity contribution in [2.45, 2.75) is 39.7 Å². The lowest BCUT2D eigenvalue weighted by atomic mass is 9.87. The van der Waals surface area contributed by atoms with Gasteiger partial charge in [-0.1, -0.05) is 20.8 Å². The summed E-state index contributed by atoms with van der Waals surface area (Å²) in [4.78, 5) is 4.39. The molecule has 1 aliphatic rings. The van der Waals surface area contributed by atoms with E-state index in [1.54, 1.807) is 0 Å². The Bertz CT molecular complexity index is 354. The van der Waals surface area contributed by atoms with Crippen LogP contribution < -0.4 is 10.6 Å². The minimum absolute atomic E-state index is 0.358. The van der Waals surface area contributed by atoms with Crippen molar-refractivity contribution in [1.29, 1.82) is 0 Å². The predicted octanol–water partition coefficient (Wildman–Crippen LogP) is 3.11. The van der Waals surface area contributed by atoms with Gasteiger partial charge in [-0.15, -0.1) is 0 Å². The van der Waals surface area contributed by atoms with Crippen LogP contribution in [0.2, 0.25) is 0 Å². The molecule has 0 radical (unpaired) electrons. The summed E-state index contributed by atoms with van der Waals surface area (Å²) in [6.07, 6.45) is 4.16. The second kappa shape index (κ2) is 4.32. The van der Waals surface area contributed by atoms with Crippen molar-refractivity contribution in [2.75, 3.05) is 17.2 Å². The molecule has 0 bridgehead atoms. The van der Waals surface area contributed by atoms with E-state index in [1.165, 1.54) is 6.42 Å². The Hall–Kier alpha value is -1.25. The fourth-order valence-electron chi connectivity index (χ4n) is 2.20. The second-order valence-corrected chi connectivity index (χ2v) is 5.72. The van der Waals surface area contributed by atoms with Crippen LogP contribution in [0.5, 0.6) is 0 Å². The molecule has 1 aliphatic heterocycles. The molecule has 1 atom stereocenters. The van der Waals surface area contributed by atoms with Crippen molar-refractivity contribution >= 4 is 11.5 Å². The summed E-state index contributed by atoms with van der Waals surface area (Å²) in [5.41, 5.74) is 1.48. The fourth-order valence-corrected chi connectivity index (χ4v) is 2.20. The SMILES string of the molecule is CC(C)(C)CC1CCNc2cccnc2N1. The number of pyridine rings is 1. The van der Waals surface area contributed by atoms with E-state index in [1.807, 2.05) is 12.3 Å². The third-order valence-corrected chi connectivity index (χ3v) is 2.82. The van der Waals surface area contributed by atoms with Crippen LogP contribution in [0.4, 0.5) is 11.5 Å². The Labute approximate surface area is 97.7 Å². The van der Waals surface area contributed by atoms with Gasteiger partial charge in [-0.05, 0) is 30.4 Å². The second-order valence-electron chi connectivity index (χ2n) is 5.72. The molecule has 1 unspecified atom stereocenters. The molecule has 0 saturated heterocycles. The summed E-state index contributed by atoms with van der Waals surface area (Å²) in [6, 6.07) is 4.57. The van der Waals surface area contributed by atoms with E-state index in [9.17, 15) is 0 Å². The molecular formula is C13H21N3. The predicted molar refractivity (Wildman–Crippen MR) is 68.8 cm³/mol. The zero-order valence-corrected chi connectivity index (χ0v) is 10.4. The number of aromatic nitrogens is 1. The molecule has 0 aliphatic carbocycles. The Kier molecular flexibility index (Phi) is 3.03. The number of hydrogen-bond donors (Lipinski definition) is 2. The number of rotatable bonds is 1. The van der Waals surface area contributed by atoms with Crippen molar-refractivity contribution in [3.63, 3.8) is 0 Å². The first kappa shape index (κ1) is 11.2. The van der Waals surface area contributed by atoms with Crippen LogP contribution in [0.25, 0.3) is 0 Å². The summed E-state index contributed by atoms with van der Waals surface area (Å²) < 4.78 is 0. The van der Waals surface area contributed by atoms with Gasteiger partial charge in [-0.25, -0.2) is 4.98 Å². The molecule has 2 rings (SSSR count). The molecule has 0 spiro atoms. The van der Waals surface area contributed by atoms with E-state index in [4.69, 9.17) is 0 Å². The van der Waals surface area contributed by atoms with Crippen molar-refractivity contribution in [3.05, 3.63) is 18.3 Å². The summed E-state index contributed by atoms with van der Waals surface area (Å²) in [6.45, 7) is 7.87. The van der Waals surface area contributed by atoms with Gasteiger partial charge in [0.1, 0.15) is 5.82 Å². The Balaban J connectivity index is 2.11. The Morgan fingerprint density at radius 3 is 3.00 bits per heavy atom. The smallest absolute Gasteiger partial charge is 0.149 e. The third kappa shape index (κ3) is 2.87. The molecule has 16 heavy (non-hydrogen) atoms. The van der Waals surface area contributed by atoms with E-state index >= 15 is 0 Å². The average molecular weight is 219 g/mol. The lowest BCUT2D eigenvalue weighted by Gasteiger charge is -2.25. The van der Waals surface area contributed by atoms with Gasteiger partial charge in [0.2, 0.25) is 0 Å². The van der Waals surface area contributed by atoms with E-state index < -0.39 is 0 Å². The number of fused-ring (bicyclic) bond motifs is 1. The van der Waals surface area contributed by atoms with Crippen LogP contribution in [-0.2, 0) is 0 Å². The first-order valence-electron chi connectivity index (χ1n) is 6.00. The lowest BCUT2D eigenvalue weighted by molar-refractivity contribution is 0.345. The van der Waals surface area contributed by atoms with E-state index in [2.05, 4.69) is 42.5 Å².